The summed E-state index contributed by atoms with van der Waals surface area (Å²) in [5, 5.41) is 0.531. The summed E-state index contributed by atoms with van der Waals surface area (Å²) in [4.78, 5) is 14.3. The molecule has 0 saturated carbocycles. The van der Waals surface area contributed by atoms with Gasteiger partial charge in [-0.05, 0) is 29.8 Å². The molecule has 4 nitrogen and oxygen atoms in total. The highest BCUT2D eigenvalue weighted by molar-refractivity contribution is 5.89. The van der Waals surface area contributed by atoms with Crippen molar-refractivity contribution in [2.45, 2.75) is 25.6 Å². The van der Waals surface area contributed by atoms with E-state index in [4.69, 9.17) is 0 Å². The maximum Gasteiger partial charge on any atom is 0.417 e. The first kappa shape index (κ1) is 16.7. The molecule has 26 heavy (non-hydrogen) atoms. The number of fused-ring (bicyclic) bond motifs is 2. The Kier molecular flexibility index (Phi) is 3.78. The van der Waals surface area contributed by atoms with Crippen molar-refractivity contribution in [3.63, 3.8) is 0 Å². The lowest BCUT2D eigenvalue weighted by Crippen LogP contribution is -2.34. The molecule has 2 aromatic heterocycles. The van der Waals surface area contributed by atoms with Crippen LogP contribution in [-0.4, -0.2) is 21.5 Å². The Balaban J connectivity index is 1.79. The third-order valence-corrected chi connectivity index (χ3v) is 4.53. The molecule has 0 amide bonds. The highest BCUT2D eigenvalue weighted by atomic mass is 19.4. The van der Waals surface area contributed by atoms with Gasteiger partial charge in [0.2, 0.25) is 0 Å². The van der Waals surface area contributed by atoms with E-state index >= 15 is 0 Å². The monoisotopic (exact) mass is 362 g/mol. The molecular weight excluding hydrogens is 348 g/mol. The van der Waals surface area contributed by atoms with Gasteiger partial charge in [-0.2, -0.15) is 13.2 Å². The van der Waals surface area contributed by atoms with Crippen LogP contribution in [-0.2, 0) is 12.7 Å². The summed E-state index contributed by atoms with van der Waals surface area (Å²) >= 11 is 0. The van der Waals surface area contributed by atoms with Gasteiger partial charge in [0.05, 0.1) is 11.1 Å². The molecule has 0 saturated heterocycles. The molecule has 1 aliphatic rings. The van der Waals surface area contributed by atoms with E-state index in [2.05, 4.69) is 15.0 Å². The maximum absolute atomic E-state index is 13.7. The molecule has 8 heteroatoms. The number of alkyl halides is 3. The number of nitrogens with zero attached hydrogens (tertiary/aromatic N) is 4. The molecule has 4 rings (SSSR count). The molecule has 0 fully saturated rings. The van der Waals surface area contributed by atoms with Crippen LogP contribution in [0.2, 0.25) is 0 Å². The molecular formula is C18H14F4N4. The van der Waals surface area contributed by atoms with Crippen molar-refractivity contribution < 1.29 is 17.6 Å². The van der Waals surface area contributed by atoms with Crippen LogP contribution in [0, 0.1) is 5.82 Å². The molecule has 3 aromatic rings. The van der Waals surface area contributed by atoms with E-state index in [1.165, 1.54) is 18.5 Å². The lowest BCUT2D eigenvalue weighted by molar-refractivity contribution is -0.137. The number of aromatic nitrogens is 3. The van der Waals surface area contributed by atoms with Gasteiger partial charge in [-0.15, -0.1) is 0 Å². The van der Waals surface area contributed by atoms with Crippen molar-refractivity contribution in [2.75, 3.05) is 11.4 Å². The summed E-state index contributed by atoms with van der Waals surface area (Å²) in [5.74, 6) is 0.00375. The first-order chi connectivity index (χ1) is 12.3. The van der Waals surface area contributed by atoms with Gasteiger partial charge >= 0.3 is 6.18 Å². The molecule has 0 N–H and O–H groups in total. The van der Waals surface area contributed by atoms with Gasteiger partial charge in [0, 0.05) is 36.3 Å². The molecule has 0 unspecified atom stereocenters. The van der Waals surface area contributed by atoms with E-state index in [9.17, 15) is 17.6 Å². The van der Waals surface area contributed by atoms with Crippen molar-refractivity contribution in [2.24, 2.45) is 0 Å². The molecule has 1 aromatic carbocycles. The van der Waals surface area contributed by atoms with Gasteiger partial charge in [-0.25, -0.2) is 14.4 Å². The van der Waals surface area contributed by atoms with E-state index in [0.717, 1.165) is 12.3 Å². The Labute approximate surface area is 146 Å². The minimum Gasteiger partial charge on any atom is -0.351 e. The summed E-state index contributed by atoms with van der Waals surface area (Å²) < 4.78 is 52.7. The van der Waals surface area contributed by atoms with Crippen molar-refractivity contribution in [1.82, 2.24) is 15.0 Å². The smallest absolute Gasteiger partial charge is 0.351 e. The quantitative estimate of drug-likeness (QED) is 0.605. The van der Waals surface area contributed by atoms with E-state index in [1.54, 1.807) is 6.07 Å². The third kappa shape index (κ3) is 2.85. The van der Waals surface area contributed by atoms with Crippen LogP contribution in [0.15, 0.2) is 36.8 Å². The second-order valence-corrected chi connectivity index (χ2v) is 6.41. The number of halogens is 4. The van der Waals surface area contributed by atoms with Gasteiger partial charge in [-0.1, -0.05) is 6.92 Å². The first-order valence-corrected chi connectivity index (χ1v) is 8.04. The zero-order valence-electron chi connectivity index (χ0n) is 13.8. The van der Waals surface area contributed by atoms with Crippen LogP contribution >= 0.6 is 0 Å². The molecule has 134 valence electrons. The molecule has 1 atom stereocenters. The van der Waals surface area contributed by atoms with Gasteiger partial charge in [0.15, 0.2) is 0 Å². The predicted molar refractivity (Wildman–Crippen MR) is 88.2 cm³/mol. The second-order valence-electron chi connectivity index (χ2n) is 6.41. The van der Waals surface area contributed by atoms with Crippen LogP contribution in [0.4, 0.5) is 23.4 Å². The summed E-state index contributed by atoms with van der Waals surface area (Å²) in [5.41, 5.74) is 0.960. The number of benzene rings is 1. The molecule has 0 bridgehead atoms. The zero-order valence-corrected chi connectivity index (χ0v) is 13.8. The van der Waals surface area contributed by atoms with E-state index in [1.807, 2.05) is 11.8 Å². The fourth-order valence-electron chi connectivity index (χ4n) is 3.36. The SMILES string of the molecule is C[C@@H]1CN(c2ncnc3ccc(F)cc23)Cc2cc(C(F)(F)F)cnc21. The molecule has 0 radical (unpaired) electrons. The van der Waals surface area contributed by atoms with Gasteiger partial charge in [-0.3, -0.25) is 4.98 Å². The number of hydrogen-bond acceptors (Lipinski definition) is 4. The third-order valence-electron chi connectivity index (χ3n) is 4.53. The molecule has 0 aliphatic carbocycles. The highest BCUT2D eigenvalue weighted by Gasteiger charge is 2.34. The average Bonchev–Trinajstić information content (AvgIpc) is 2.60. The van der Waals surface area contributed by atoms with Crippen molar-refractivity contribution in [1.29, 1.82) is 0 Å². The van der Waals surface area contributed by atoms with E-state index in [-0.39, 0.29) is 12.5 Å². The number of anilines is 1. The standard InChI is InChI=1S/C18H14F4N4/c1-10-7-26(8-11-4-12(18(20,21)22)6-23-16(10)11)17-14-5-13(19)2-3-15(14)24-9-25-17/h2-6,9-10H,7-8H2,1H3/t10-/m1/s1. The highest BCUT2D eigenvalue weighted by Crippen LogP contribution is 2.35. The normalized spacial score (nSPS) is 17.4. The van der Waals surface area contributed by atoms with E-state index < -0.39 is 17.6 Å². The molecule has 3 heterocycles. The topological polar surface area (TPSA) is 41.9 Å². The Morgan fingerprint density at radius 2 is 1.92 bits per heavy atom. The summed E-state index contributed by atoms with van der Waals surface area (Å²) in [6.07, 6.45) is -2.20. The van der Waals surface area contributed by atoms with Crippen molar-refractivity contribution in [3.05, 3.63) is 59.4 Å². The Hall–Kier alpha value is -2.77. The minimum absolute atomic E-state index is 0.0837. The van der Waals surface area contributed by atoms with Crippen molar-refractivity contribution >= 4 is 16.7 Å². The van der Waals surface area contributed by atoms with Gasteiger partial charge < -0.3 is 4.90 Å². The molecule has 1 aliphatic heterocycles. The summed E-state index contributed by atoms with van der Waals surface area (Å²) in [6.45, 7) is 2.64. The van der Waals surface area contributed by atoms with Crippen LogP contribution < -0.4 is 4.90 Å². The predicted octanol–water partition coefficient (Wildman–Crippen LogP) is 4.31. The fourth-order valence-corrected chi connectivity index (χ4v) is 3.36. The minimum atomic E-state index is -4.45. The largest absolute Gasteiger partial charge is 0.417 e. The average molecular weight is 362 g/mol. The lowest BCUT2D eigenvalue weighted by atomic mass is 9.95. The van der Waals surface area contributed by atoms with Crippen LogP contribution in [0.1, 0.15) is 29.7 Å². The van der Waals surface area contributed by atoms with Crippen LogP contribution in [0.25, 0.3) is 10.9 Å². The summed E-state index contributed by atoms with van der Waals surface area (Å²) in [7, 11) is 0. The van der Waals surface area contributed by atoms with Crippen molar-refractivity contribution in [3.8, 4) is 0 Å². The van der Waals surface area contributed by atoms with Gasteiger partial charge in [0.1, 0.15) is 18.0 Å². The van der Waals surface area contributed by atoms with Crippen LogP contribution in [0.3, 0.4) is 0 Å². The van der Waals surface area contributed by atoms with Gasteiger partial charge in [0.25, 0.3) is 0 Å². The molecule has 0 spiro atoms. The summed E-state index contributed by atoms with van der Waals surface area (Å²) in [6, 6.07) is 5.34. The zero-order chi connectivity index (χ0) is 18.5. The first-order valence-electron chi connectivity index (χ1n) is 8.04. The number of pyridine rings is 1. The van der Waals surface area contributed by atoms with Crippen LogP contribution in [0.5, 0.6) is 0 Å². The number of rotatable bonds is 1. The van der Waals surface area contributed by atoms with E-state index in [0.29, 0.717) is 34.5 Å². The Bertz CT molecular complexity index is 987. The Morgan fingerprint density at radius 3 is 2.69 bits per heavy atom. The number of hydrogen-bond donors (Lipinski definition) is 0. The maximum atomic E-state index is 13.7. The fraction of sp³-hybridized carbons (Fsp3) is 0.278. The lowest BCUT2D eigenvalue weighted by Gasteiger charge is -2.34. The second kappa shape index (κ2) is 5.89. The Morgan fingerprint density at radius 1 is 1.12 bits per heavy atom.